The first-order valence-electron chi connectivity index (χ1n) is 8.30. The van der Waals surface area contributed by atoms with Crippen molar-refractivity contribution in [2.45, 2.75) is 20.8 Å². The smallest absolute Gasteiger partial charge is 0.141 e. The fourth-order valence-electron chi connectivity index (χ4n) is 2.77. The van der Waals surface area contributed by atoms with Crippen LogP contribution in [0, 0.1) is 18.3 Å². The first kappa shape index (κ1) is 17.4. The Bertz CT molecular complexity index is 1070. The predicted molar refractivity (Wildman–Crippen MR) is 105 cm³/mol. The van der Waals surface area contributed by atoms with Crippen molar-refractivity contribution in [3.05, 3.63) is 53.4 Å². The van der Waals surface area contributed by atoms with Crippen molar-refractivity contribution in [2.75, 3.05) is 12.4 Å². The lowest BCUT2D eigenvalue weighted by molar-refractivity contribution is 1.20. The monoisotopic (exact) mass is 344 g/mol. The molecule has 0 aliphatic rings. The van der Waals surface area contributed by atoms with Crippen molar-refractivity contribution >= 4 is 22.7 Å². The quantitative estimate of drug-likeness (QED) is 0.550. The topological polar surface area (TPSA) is 89.8 Å². The Morgan fingerprint density at radius 1 is 1.35 bits per heavy atom. The van der Waals surface area contributed by atoms with Gasteiger partial charge in [0.1, 0.15) is 23.4 Å². The summed E-state index contributed by atoms with van der Waals surface area (Å²) < 4.78 is 0. The fourth-order valence-corrected chi connectivity index (χ4v) is 2.77. The first-order valence-corrected chi connectivity index (χ1v) is 8.30. The maximum atomic E-state index is 9.45. The molecule has 2 N–H and O–H groups in total. The summed E-state index contributed by atoms with van der Waals surface area (Å²) in [4.78, 5) is 16.6. The maximum Gasteiger partial charge on any atom is 0.141 e. The lowest BCUT2D eigenvalue weighted by Gasteiger charge is -2.12. The Morgan fingerprint density at radius 3 is 2.81 bits per heavy atom. The van der Waals surface area contributed by atoms with Gasteiger partial charge in [0.2, 0.25) is 0 Å². The van der Waals surface area contributed by atoms with E-state index in [0.29, 0.717) is 17.0 Å². The lowest BCUT2D eigenvalue weighted by atomic mass is 10.1. The third-order valence-corrected chi connectivity index (χ3v) is 4.20. The van der Waals surface area contributed by atoms with E-state index in [-0.39, 0.29) is 0 Å². The number of H-pyrrole nitrogens is 1. The number of fused-ring (bicyclic) bond motifs is 1. The van der Waals surface area contributed by atoms with Crippen LogP contribution in [0.4, 0.5) is 5.82 Å². The number of aromatic amines is 1. The SMILES string of the molecule is C/C=C(C)\C(=N/C)Nc1cc(-c2cccc(C)n2)c2c(C#N)c[nH]c2n1. The Morgan fingerprint density at radius 2 is 2.15 bits per heavy atom. The van der Waals surface area contributed by atoms with Gasteiger partial charge in [0.05, 0.1) is 11.3 Å². The largest absolute Gasteiger partial charge is 0.345 e. The number of aliphatic imine (C=N–C) groups is 1. The van der Waals surface area contributed by atoms with Crippen LogP contribution in [0.25, 0.3) is 22.3 Å². The molecule has 130 valence electrons. The van der Waals surface area contributed by atoms with Gasteiger partial charge in [-0.15, -0.1) is 0 Å². The van der Waals surface area contributed by atoms with Gasteiger partial charge in [-0.25, -0.2) is 4.98 Å². The molecule has 3 rings (SSSR count). The number of nitrogens with zero attached hydrogens (tertiary/aromatic N) is 4. The van der Waals surface area contributed by atoms with Gasteiger partial charge >= 0.3 is 0 Å². The van der Waals surface area contributed by atoms with Gasteiger partial charge < -0.3 is 10.3 Å². The minimum atomic E-state index is 0.548. The molecule has 3 aromatic heterocycles. The highest BCUT2D eigenvalue weighted by Crippen LogP contribution is 2.31. The van der Waals surface area contributed by atoms with Crippen LogP contribution in [0.1, 0.15) is 25.1 Å². The highest BCUT2D eigenvalue weighted by Gasteiger charge is 2.15. The molecule has 0 radical (unpaired) electrons. The van der Waals surface area contributed by atoms with Crippen LogP contribution in [0.3, 0.4) is 0 Å². The Balaban J connectivity index is 2.21. The van der Waals surface area contributed by atoms with Crippen LogP contribution in [0.5, 0.6) is 0 Å². The minimum absolute atomic E-state index is 0.548. The van der Waals surface area contributed by atoms with Crippen molar-refractivity contribution in [1.29, 1.82) is 5.26 Å². The zero-order chi connectivity index (χ0) is 18.7. The van der Waals surface area contributed by atoms with Gasteiger partial charge in [-0.2, -0.15) is 5.26 Å². The number of amidine groups is 1. The molecule has 6 heteroatoms. The second kappa shape index (κ2) is 7.19. The summed E-state index contributed by atoms with van der Waals surface area (Å²) >= 11 is 0. The molecule has 0 spiro atoms. The third kappa shape index (κ3) is 3.20. The van der Waals surface area contributed by atoms with E-state index in [0.717, 1.165) is 33.7 Å². The summed E-state index contributed by atoms with van der Waals surface area (Å²) in [7, 11) is 1.74. The highest BCUT2D eigenvalue weighted by molar-refractivity contribution is 6.08. The van der Waals surface area contributed by atoms with Gasteiger partial charge in [0.15, 0.2) is 0 Å². The summed E-state index contributed by atoms with van der Waals surface area (Å²) in [6, 6.07) is 9.97. The molecule has 26 heavy (non-hydrogen) atoms. The molecule has 6 nitrogen and oxygen atoms in total. The number of allylic oxidation sites excluding steroid dienone is 1. The maximum absolute atomic E-state index is 9.45. The highest BCUT2D eigenvalue weighted by atomic mass is 15.1. The third-order valence-electron chi connectivity index (χ3n) is 4.20. The van der Waals surface area contributed by atoms with E-state index in [1.165, 1.54) is 0 Å². The normalized spacial score (nSPS) is 12.3. The minimum Gasteiger partial charge on any atom is -0.345 e. The molecule has 0 saturated heterocycles. The Labute approximate surface area is 152 Å². The molecular formula is C20H20N6. The summed E-state index contributed by atoms with van der Waals surface area (Å²) in [6.07, 6.45) is 3.66. The fraction of sp³-hybridized carbons (Fsp3) is 0.200. The van der Waals surface area contributed by atoms with Crippen molar-refractivity contribution < 1.29 is 0 Å². The second-order valence-corrected chi connectivity index (χ2v) is 5.93. The number of anilines is 1. The number of aromatic nitrogens is 3. The summed E-state index contributed by atoms with van der Waals surface area (Å²) in [5.41, 5.74) is 4.78. The molecule has 0 bridgehead atoms. The standard InChI is InChI=1S/C20H20N6/c1-5-12(2)19(22-4)25-17-9-15(16-8-6-7-13(3)24-16)18-14(10-21)11-23-20(18)26-17/h5-9,11H,1-4H3,(H2,22,23,25,26)/b12-5-. The van der Waals surface area contributed by atoms with Crippen LogP contribution in [0.2, 0.25) is 0 Å². The van der Waals surface area contributed by atoms with Gasteiger partial charge in [-0.05, 0) is 44.5 Å². The zero-order valence-electron chi connectivity index (χ0n) is 15.3. The molecule has 0 aliphatic heterocycles. The van der Waals surface area contributed by atoms with Crippen LogP contribution < -0.4 is 5.32 Å². The molecule has 0 unspecified atom stereocenters. The van der Waals surface area contributed by atoms with E-state index in [9.17, 15) is 5.26 Å². The van der Waals surface area contributed by atoms with E-state index in [2.05, 4.69) is 31.3 Å². The summed E-state index contributed by atoms with van der Waals surface area (Å²) in [6.45, 7) is 5.89. The lowest BCUT2D eigenvalue weighted by Crippen LogP contribution is -2.14. The number of hydrogen-bond donors (Lipinski definition) is 2. The summed E-state index contributed by atoms with van der Waals surface area (Å²) in [5, 5.41) is 13.5. The second-order valence-electron chi connectivity index (χ2n) is 5.93. The van der Waals surface area contributed by atoms with E-state index in [1.807, 2.05) is 51.1 Å². The van der Waals surface area contributed by atoms with Crippen LogP contribution in [-0.2, 0) is 0 Å². The van der Waals surface area contributed by atoms with Crippen molar-refractivity contribution in [2.24, 2.45) is 4.99 Å². The van der Waals surface area contributed by atoms with Crippen molar-refractivity contribution in [3.8, 4) is 17.3 Å². The average Bonchev–Trinajstić information content (AvgIpc) is 3.07. The number of nitrogens with one attached hydrogen (secondary N) is 2. The van der Waals surface area contributed by atoms with E-state index in [4.69, 9.17) is 0 Å². The number of nitriles is 1. The van der Waals surface area contributed by atoms with Gasteiger partial charge in [0, 0.05) is 29.9 Å². The number of rotatable bonds is 3. The first-order chi connectivity index (χ1) is 12.6. The zero-order valence-corrected chi connectivity index (χ0v) is 15.3. The molecule has 0 aromatic carbocycles. The predicted octanol–water partition coefficient (Wildman–Crippen LogP) is 4.21. The summed E-state index contributed by atoms with van der Waals surface area (Å²) in [5.74, 6) is 1.39. The van der Waals surface area contributed by atoms with Crippen LogP contribution >= 0.6 is 0 Å². The molecule has 0 atom stereocenters. The van der Waals surface area contributed by atoms with E-state index in [1.54, 1.807) is 13.2 Å². The molecule has 0 aliphatic carbocycles. The van der Waals surface area contributed by atoms with E-state index >= 15 is 0 Å². The molecule has 3 heterocycles. The van der Waals surface area contributed by atoms with Crippen molar-refractivity contribution in [1.82, 2.24) is 15.0 Å². The van der Waals surface area contributed by atoms with Gasteiger partial charge in [-0.1, -0.05) is 12.1 Å². The van der Waals surface area contributed by atoms with Gasteiger partial charge in [-0.3, -0.25) is 9.98 Å². The molecule has 0 saturated carbocycles. The average molecular weight is 344 g/mol. The van der Waals surface area contributed by atoms with Crippen LogP contribution in [-0.4, -0.2) is 27.8 Å². The molecule has 0 fully saturated rings. The molecule has 0 amide bonds. The molecular weight excluding hydrogens is 324 g/mol. The number of pyridine rings is 2. The van der Waals surface area contributed by atoms with Crippen LogP contribution in [0.15, 0.2) is 47.1 Å². The molecule has 3 aromatic rings. The van der Waals surface area contributed by atoms with E-state index < -0.39 is 0 Å². The van der Waals surface area contributed by atoms with Gasteiger partial charge in [0.25, 0.3) is 0 Å². The number of hydrogen-bond acceptors (Lipinski definition) is 4. The van der Waals surface area contributed by atoms with Crippen molar-refractivity contribution in [3.63, 3.8) is 0 Å². The number of aryl methyl sites for hydroxylation is 1. The Hall–Kier alpha value is -3.46. The Kier molecular flexibility index (Phi) is 4.81.